The molecule has 92 valence electrons. The highest BCUT2D eigenvalue weighted by molar-refractivity contribution is 5.28. The molecule has 3 nitrogen and oxygen atoms in total. The van der Waals surface area contributed by atoms with Gasteiger partial charge in [0.15, 0.2) is 0 Å². The molecule has 1 aromatic rings. The van der Waals surface area contributed by atoms with Gasteiger partial charge in [-0.2, -0.15) is 5.26 Å². The van der Waals surface area contributed by atoms with E-state index in [2.05, 4.69) is 30.4 Å². The van der Waals surface area contributed by atoms with Gasteiger partial charge in [-0.05, 0) is 44.0 Å². The lowest BCUT2D eigenvalue weighted by Crippen LogP contribution is -2.19. The van der Waals surface area contributed by atoms with Crippen LogP contribution in [0.5, 0.6) is 5.75 Å². The molecular formula is C14H20N2O. The van der Waals surface area contributed by atoms with Gasteiger partial charge in [0.25, 0.3) is 0 Å². The molecule has 1 aromatic carbocycles. The molecule has 1 atom stereocenters. The fourth-order valence-electron chi connectivity index (χ4n) is 1.66. The molecule has 3 heteroatoms. The van der Waals surface area contributed by atoms with Gasteiger partial charge in [-0.15, -0.1) is 0 Å². The zero-order chi connectivity index (χ0) is 12.5. The number of nitrogens with one attached hydrogen (secondary N) is 1. The highest BCUT2D eigenvalue weighted by Gasteiger charge is 2.03. The largest absolute Gasteiger partial charge is 0.497 e. The van der Waals surface area contributed by atoms with Gasteiger partial charge >= 0.3 is 0 Å². The maximum atomic E-state index is 8.42. The molecule has 0 amide bonds. The Morgan fingerprint density at radius 2 is 2.00 bits per heavy atom. The number of benzene rings is 1. The second kappa shape index (κ2) is 7.70. The van der Waals surface area contributed by atoms with Crippen molar-refractivity contribution in [1.82, 2.24) is 5.32 Å². The third-order valence-electron chi connectivity index (χ3n) is 2.78. The molecule has 0 heterocycles. The lowest BCUT2D eigenvalue weighted by molar-refractivity contribution is 0.414. The lowest BCUT2D eigenvalue weighted by atomic mass is 10.1. The molecule has 0 aliphatic rings. The topological polar surface area (TPSA) is 45.0 Å². The number of nitriles is 1. The van der Waals surface area contributed by atoms with Gasteiger partial charge in [-0.25, -0.2) is 0 Å². The first-order valence-electron chi connectivity index (χ1n) is 6.02. The van der Waals surface area contributed by atoms with E-state index in [9.17, 15) is 0 Å². The van der Waals surface area contributed by atoms with E-state index in [4.69, 9.17) is 10.00 Å². The van der Waals surface area contributed by atoms with Gasteiger partial charge < -0.3 is 10.1 Å². The van der Waals surface area contributed by atoms with E-state index in [0.717, 1.165) is 25.1 Å². The molecule has 0 aliphatic carbocycles. The van der Waals surface area contributed by atoms with E-state index in [1.165, 1.54) is 5.56 Å². The summed E-state index contributed by atoms with van der Waals surface area (Å²) in [5, 5.41) is 11.9. The van der Waals surface area contributed by atoms with Crippen LogP contribution in [0.15, 0.2) is 24.3 Å². The van der Waals surface area contributed by atoms with Crippen molar-refractivity contribution in [3.05, 3.63) is 29.8 Å². The van der Waals surface area contributed by atoms with Crippen molar-refractivity contribution in [3.8, 4) is 11.8 Å². The van der Waals surface area contributed by atoms with Crippen LogP contribution < -0.4 is 10.1 Å². The second-order valence-electron chi connectivity index (χ2n) is 4.06. The Hall–Kier alpha value is -1.53. The van der Waals surface area contributed by atoms with E-state index in [0.29, 0.717) is 12.5 Å². The van der Waals surface area contributed by atoms with Gasteiger partial charge in [-0.1, -0.05) is 12.1 Å². The zero-order valence-electron chi connectivity index (χ0n) is 10.6. The van der Waals surface area contributed by atoms with E-state index in [-0.39, 0.29) is 0 Å². The molecule has 0 aromatic heterocycles. The molecule has 0 aliphatic heterocycles. The SMILES string of the molecule is COc1ccc([C@@H](C)NCCCCC#N)cc1. The van der Waals surface area contributed by atoms with Gasteiger partial charge in [0.05, 0.1) is 13.2 Å². The summed E-state index contributed by atoms with van der Waals surface area (Å²) in [4.78, 5) is 0. The minimum absolute atomic E-state index is 0.336. The Balaban J connectivity index is 2.31. The summed E-state index contributed by atoms with van der Waals surface area (Å²) in [6, 6.07) is 10.6. The van der Waals surface area contributed by atoms with Crippen LogP contribution in [0.2, 0.25) is 0 Å². The van der Waals surface area contributed by atoms with Crippen LogP contribution in [0.4, 0.5) is 0 Å². The highest BCUT2D eigenvalue weighted by Crippen LogP contribution is 2.17. The minimum atomic E-state index is 0.336. The molecule has 0 fully saturated rings. The molecule has 17 heavy (non-hydrogen) atoms. The summed E-state index contributed by atoms with van der Waals surface area (Å²) in [6.45, 7) is 3.10. The number of rotatable bonds is 7. The quantitative estimate of drug-likeness (QED) is 0.735. The van der Waals surface area contributed by atoms with Crippen molar-refractivity contribution >= 4 is 0 Å². The number of ether oxygens (including phenoxy) is 1. The molecule has 0 saturated heterocycles. The predicted octanol–water partition coefficient (Wildman–Crippen LogP) is 3.04. The highest BCUT2D eigenvalue weighted by atomic mass is 16.5. The van der Waals surface area contributed by atoms with Crippen molar-refractivity contribution in [2.24, 2.45) is 0 Å². The Labute approximate surface area is 103 Å². The van der Waals surface area contributed by atoms with Crippen LogP contribution in [0, 0.1) is 11.3 Å². The Bertz CT molecular complexity index is 353. The smallest absolute Gasteiger partial charge is 0.118 e. The van der Waals surface area contributed by atoms with Crippen molar-refractivity contribution in [2.45, 2.75) is 32.2 Å². The van der Waals surface area contributed by atoms with Gasteiger partial charge in [0, 0.05) is 12.5 Å². The van der Waals surface area contributed by atoms with Gasteiger partial charge in [0.1, 0.15) is 5.75 Å². The standard InChI is InChI=1S/C14H20N2O/c1-12(16-11-5-3-4-10-15)13-6-8-14(17-2)9-7-13/h6-9,12,16H,3-5,11H2,1-2H3/t12-/m1/s1. The number of unbranched alkanes of at least 4 members (excludes halogenated alkanes) is 2. The van der Waals surface area contributed by atoms with Crippen LogP contribution in [-0.4, -0.2) is 13.7 Å². The van der Waals surface area contributed by atoms with E-state index in [1.54, 1.807) is 7.11 Å². The van der Waals surface area contributed by atoms with E-state index >= 15 is 0 Å². The van der Waals surface area contributed by atoms with Gasteiger partial charge in [0.2, 0.25) is 0 Å². The summed E-state index contributed by atoms with van der Waals surface area (Å²) in [6.07, 6.45) is 2.67. The van der Waals surface area contributed by atoms with Crippen molar-refractivity contribution < 1.29 is 4.74 Å². The monoisotopic (exact) mass is 232 g/mol. The van der Waals surface area contributed by atoms with Crippen LogP contribution in [-0.2, 0) is 0 Å². The maximum absolute atomic E-state index is 8.42. The summed E-state index contributed by atoms with van der Waals surface area (Å²) >= 11 is 0. The Morgan fingerprint density at radius 1 is 1.29 bits per heavy atom. The minimum Gasteiger partial charge on any atom is -0.497 e. The first kappa shape index (κ1) is 13.5. The number of hydrogen-bond acceptors (Lipinski definition) is 3. The Kier molecular flexibility index (Phi) is 6.13. The van der Waals surface area contributed by atoms with Crippen molar-refractivity contribution in [3.63, 3.8) is 0 Å². The predicted molar refractivity (Wildman–Crippen MR) is 68.9 cm³/mol. The van der Waals surface area contributed by atoms with Crippen LogP contribution in [0.3, 0.4) is 0 Å². The molecule has 0 spiro atoms. The number of nitrogens with zero attached hydrogens (tertiary/aromatic N) is 1. The molecule has 0 radical (unpaired) electrons. The number of methoxy groups -OCH3 is 1. The third-order valence-corrected chi connectivity index (χ3v) is 2.78. The molecule has 0 saturated carbocycles. The summed E-state index contributed by atoms with van der Waals surface area (Å²) in [7, 11) is 1.67. The summed E-state index contributed by atoms with van der Waals surface area (Å²) in [5.41, 5.74) is 1.26. The Morgan fingerprint density at radius 3 is 2.59 bits per heavy atom. The van der Waals surface area contributed by atoms with Crippen molar-refractivity contribution in [1.29, 1.82) is 5.26 Å². The maximum Gasteiger partial charge on any atom is 0.118 e. The first-order valence-corrected chi connectivity index (χ1v) is 6.02. The average molecular weight is 232 g/mol. The second-order valence-corrected chi connectivity index (χ2v) is 4.06. The molecule has 1 rings (SSSR count). The fourth-order valence-corrected chi connectivity index (χ4v) is 1.66. The first-order chi connectivity index (χ1) is 8.27. The third kappa shape index (κ3) is 4.88. The molecule has 0 bridgehead atoms. The van der Waals surface area contributed by atoms with E-state index < -0.39 is 0 Å². The lowest BCUT2D eigenvalue weighted by Gasteiger charge is -2.14. The zero-order valence-corrected chi connectivity index (χ0v) is 10.6. The molecular weight excluding hydrogens is 212 g/mol. The van der Waals surface area contributed by atoms with Crippen molar-refractivity contribution in [2.75, 3.05) is 13.7 Å². The van der Waals surface area contributed by atoms with Crippen LogP contribution >= 0.6 is 0 Å². The number of hydrogen-bond donors (Lipinski definition) is 1. The van der Waals surface area contributed by atoms with Gasteiger partial charge in [-0.3, -0.25) is 0 Å². The summed E-state index contributed by atoms with van der Waals surface area (Å²) in [5.74, 6) is 0.884. The molecule has 0 unspecified atom stereocenters. The van der Waals surface area contributed by atoms with E-state index in [1.807, 2.05) is 12.1 Å². The molecule has 1 N–H and O–H groups in total. The van der Waals surface area contributed by atoms with Crippen LogP contribution in [0.1, 0.15) is 37.8 Å². The average Bonchev–Trinajstić information content (AvgIpc) is 2.38. The normalized spacial score (nSPS) is 11.8. The fraction of sp³-hybridized carbons (Fsp3) is 0.500. The van der Waals surface area contributed by atoms with Crippen LogP contribution in [0.25, 0.3) is 0 Å². The summed E-state index contributed by atoms with van der Waals surface area (Å²) < 4.78 is 5.12.